The molecule has 96 valence electrons. The van der Waals surface area contributed by atoms with Gasteiger partial charge in [-0.15, -0.1) is 0 Å². The van der Waals surface area contributed by atoms with Crippen LogP contribution < -0.4 is 4.90 Å². The first-order valence-electron chi connectivity index (χ1n) is 6.39. The van der Waals surface area contributed by atoms with Crippen LogP contribution in [0.15, 0.2) is 24.3 Å². The van der Waals surface area contributed by atoms with Gasteiger partial charge in [-0.05, 0) is 25.5 Å². The third-order valence-corrected chi connectivity index (χ3v) is 3.33. The Hall–Kier alpha value is -1.02. The third kappa shape index (κ3) is 4.04. The number of hydrogen-bond donors (Lipinski definition) is 1. The summed E-state index contributed by atoms with van der Waals surface area (Å²) in [5.41, 5.74) is 2.49. The Labute approximate surface area is 105 Å². The molecule has 0 saturated heterocycles. The van der Waals surface area contributed by atoms with Crippen molar-refractivity contribution in [1.29, 1.82) is 0 Å². The molecule has 1 atom stereocenters. The number of aliphatic hydroxyl groups is 1. The smallest absolute Gasteiger partial charge is 0.0501 e. The van der Waals surface area contributed by atoms with E-state index >= 15 is 0 Å². The van der Waals surface area contributed by atoms with Crippen LogP contribution in [0.2, 0.25) is 0 Å². The molecule has 1 aromatic rings. The molecule has 0 spiro atoms. The summed E-state index contributed by atoms with van der Waals surface area (Å²) in [5.74, 6) is 0. The number of hydrogen-bond acceptors (Lipinski definition) is 2. The van der Waals surface area contributed by atoms with Gasteiger partial charge >= 0.3 is 0 Å². The van der Waals surface area contributed by atoms with Crippen molar-refractivity contribution in [3.8, 4) is 0 Å². The zero-order valence-corrected chi connectivity index (χ0v) is 11.5. The van der Waals surface area contributed by atoms with Crippen molar-refractivity contribution in [2.24, 2.45) is 5.41 Å². The molecule has 0 radical (unpaired) electrons. The Kier molecular flexibility index (Phi) is 5.01. The molecule has 1 rings (SSSR count). The normalized spacial score (nSPS) is 14.4. The molecule has 0 bridgehead atoms. The van der Waals surface area contributed by atoms with Gasteiger partial charge in [0.15, 0.2) is 0 Å². The summed E-state index contributed by atoms with van der Waals surface area (Å²) >= 11 is 0. The molecule has 0 fully saturated rings. The van der Waals surface area contributed by atoms with Gasteiger partial charge in [-0.25, -0.2) is 0 Å². The van der Waals surface area contributed by atoms with E-state index in [1.54, 1.807) is 0 Å². The molecule has 0 amide bonds. The molecule has 1 unspecified atom stereocenters. The molecule has 2 heteroatoms. The quantitative estimate of drug-likeness (QED) is 0.818. The molecular weight excluding hydrogens is 210 g/mol. The highest BCUT2D eigenvalue weighted by Crippen LogP contribution is 2.26. The summed E-state index contributed by atoms with van der Waals surface area (Å²) in [5, 5.41) is 9.53. The predicted octanol–water partition coefficient (Wildman–Crippen LogP) is 3.23. The fourth-order valence-electron chi connectivity index (χ4n) is 2.27. The number of rotatable bonds is 6. The molecule has 2 nitrogen and oxygen atoms in total. The minimum absolute atomic E-state index is 0.00557. The fourth-order valence-corrected chi connectivity index (χ4v) is 2.27. The minimum Gasteiger partial charge on any atom is -0.396 e. The Morgan fingerprint density at radius 2 is 1.82 bits per heavy atom. The SMILES string of the molecule is CCCC(C)(CO)CN(C)c1ccc(C)cc1. The van der Waals surface area contributed by atoms with Crippen molar-refractivity contribution in [1.82, 2.24) is 0 Å². The number of aliphatic hydroxyl groups excluding tert-OH is 1. The van der Waals surface area contributed by atoms with Crippen molar-refractivity contribution in [3.63, 3.8) is 0 Å². The standard InChI is InChI=1S/C15H25NO/c1-5-10-15(3,12-17)11-16(4)14-8-6-13(2)7-9-14/h6-9,17H,5,10-12H2,1-4H3. The molecular formula is C15H25NO. The van der Waals surface area contributed by atoms with Crippen LogP contribution in [0.25, 0.3) is 0 Å². The molecule has 0 saturated carbocycles. The summed E-state index contributed by atoms with van der Waals surface area (Å²) in [6.45, 7) is 7.55. The molecule has 0 aliphatic carbocycles. The molecule has 1 aromatic carbocycles. The first kappa shape index (κ1) is 14.0. The Morgan fingerprint density at radius 3 is 2.29 bits per heavy atom. The Balaban J connectivity index is 2.70. The van der Waals surface area contributed by atoms with Gasteiger partial charge in [0.1, 0.15) is 0 Å². The highest BCUT2D eigenvalue weighted by Gasteiger charge is 2.24. The lowest BCUT2D eigenvalue weighted by Crippen LogP contribution is -2.36. The Morgan fingerprint density at radius 1 is 1.24 bits per heavy atom. The van der Waals surface area contributed by atoms with E-state index < -0.39 is 0 Å². The van der Waals surface area contributed by atoms with Gasteiger partial charge < -0.3 is 10.0 Å². The van der Waals surface area contributed by atoms with E-state index in [9.17, 15) is 5.11 Å². The van der Waals surface area contributed by atoms with Gasteiger partial charge in [-0.1, -0.05) is 38.0 Å². The van der Waals surface area contributed by atoms with Crippen molar-refractivity contribution in [3.05, 3.63) is 29.8 Å². The van der Waals surface area contributed by atoms with E-state index in [1.807, 2.05) is 0 Å². The first-order valence-corrected chi connectivity index (χ1v) is 6.39. The van der Waals surface area contributed by atoms with Gasteiger partial charge in [0.25, 0.3) is 0 Å². The molecule has 0 aliphatic heterocycles. The molecule has 0 aromatic heterocycles. The van der Waals surface area contributed by atoms with Crippen molar-refractivity contribution in [2.75, 3.05) is 25.1 Å². The van der Waals surface area contributed by atoms with E-state index in [1.165, 1.54) is 11.3 Å². The molecule has 1 N–H and O–H groups in total. The summed E-state index contributed by atoms with van der Waals surface area (Å²) in [4.78, 5) is 2.23. The molecule has 0 aliphatic rings. The zero-order chi connectivity index (χ0) is 12.9. The van der Waals surface area contributed by atoms with Crippen LogP contribution in [-0.2, 0) is 0 Å². The van der Waals surface area contributed by atoms with Gasteiger partial charge in [0.05, 0.1) is 6.61 Å². The maximum absolute atomic E-state index is 9.53. The fraction of sp³-hybridized carbons (Fsp3) is 0.600. The number of anilines is 1. The summed E-state index contributed by atoms with van der Waals surface area (Å²) < 4.78 is 0. The van der Waals surface area contributed by atoms with E-state index in [0.717, 1.165) is 19.4 Å². The second kappa shape index (κ2) is 6.06. The average Bonchev–Trinajstić information content (AvgIpc) is 2.30. The summed E-state index contributed by atoms with van der Waals surface area (Å²) in [7, 11) is 2.09. The topological polar surface area (TPSA) is 23.5 Å². The maximum atomic E-state index is 9.53. The van der Waals surface area contributed by atoms with Crippen molar-refractivity contribution >= 4 is 5.69 Å². The lowest BCUT2D eigenvalue weighted by molar-refractivity contribution is 0.138. The zero-order valence-electron chi connectivity index (χ0n) is 11.5. The monoisotopic (exact) mass is 235 g/mol. The van der Waals surface area contributed by atoms with Crippen molar-refractivity contribution < 1.29 is 5.11 Å². The average molecular weight is 235 g/mol. The van der Waals surface area contributed by atoms with Gasteiger partial charge in [0, 0.05) is 24.7 Å². The third-order valence-electron chi connectivity index (χ3n) is 3.33. The number of benzene rings is 1. The maximum Gasteiger partial charge on any atom is 0.0501 e. The van der Waals surface area contributed by atoms with E-state index in [-0.39, 0.29) is 12.0 Å². The van der Waals surface area contributed by atoms with Crippen LogP contribution >= 0.6 is 0 Å². The number of nitrogens with zero attached hydrogens (tertiary/aromatic N) is 1. The molecule has 0 heterocycles. The first-order chi connectivity index (χ1) is 8.00. The van der Waals surface area contributed by atoms with E-state index in [2.05, 4.69) is 57.0 Å². The van der Waals surface area contributed by atoms with E-state index in [4.69, 9.17) is 0 Å². The largest absolute Gasteiger partial charge is 0.396 e. The molecule has 17 heavy (non-hydrogen) atoms. The second-order valence-electron chi connectivity index (χ2n) is 5.41. The van der Waals surface area contributed by atoms with Crippen LogP contribution in [0.1, 0.15) is 32.3 Å². The minimum atomic E-state index is -0.00557. The van der Waals surface area contributed by atoms with Crippen LogP contribution in [0.5, 0.6) is 0 Å². The summed E-state index contributed by atoms with van der Waals surface area (Å²) in [6, 6.07) is 8.53. The van der Waals surface area contributed by atoms with Gasteiger partial charge in [0.2, 0.25) is 0 Å². The van der Waals surface area contributed by atoms with Crippen LogP contribution in [0.4, 0.5) is 5.69 Å². The Bertz CT molecular complexity index is 333. The van der Waals surface area contributed by atoms with Crippen molar-refractivity contribution in [2.45, 2.75) is 33.6 Å². The second-order valence-corrected chi connectivity index (χ2v) is 5.41. The lowest BCUT2D eigenvalue weighted by Gasteiger charge is -2.33. The van der Waals surface area contributed by atoms with Gasteiger partial charge in [-0.3, -0.25) is 0 Å². The van der Waals surface area contributed by atoms with E-state index in [0.29, 0.717) is 0 Å². The van der Waals surface area contributed by atoms with Crippen LogP contribution in [0.3, 0.4) is 0 Å². The lowest BCUT2D eigenvalue weighted by atomic mass is 9.86. The summed E-state index contributed by atoms with van der Waals surface area (Å²) in [6.07, 6.45) is 2.17. The van der Waals surface area contributed by atoms with Gasteiger partial charge in [-0.2, -0.15) is 0 Å². The number of aryl methyl sites for hydroxylation is 1. The highest BCUT2D eigenvalue weighted by molar-refractivity contribution is 5.46. The predicted molar refractivity (Wildman–Crippen MR) is 74.5 cm³/mol. The highest BCUT2D eigenvalue weighted by atomic mass is 16.3. The van der Waals surface area contributed by atoms with Crippen LogP contribution in [-0.4, -0.2) is 25.3 Å². The van der Waals surface area contributed by atoms with Crippen LogP contribution in [0, 0.1) is 12.3 Å².